The number of nitrogens with one attached hydrogen (secondary N) is 1. The molecule has 1 N–H and O–H groups in total. The van der Waals surface area contributed by atoms with Gasteiger partial charge in [0.1, 0.15) is 5.84 Å². The van der Waals surface area contributed by atoms with Crippen molar-refractivity contribution in [2.45, 2.75) is 24.9 Å². The van der Waals surface area contributed by atoms with Gasteiger partial charge in [0.15, 0.2) is 5.78 Å². The van der Waals surface area contributed by atoms with Crippen molar-refractivity contribution in [3.8, 4) is 0 Å². The van der Waals surface area contributed by atoms with E-state index in [0.29, 0.717) is 40.2 Å². The summed E-state index contributed by atoms with van der Waals surface area (Å²) in [7, 11) is 0. The van der Waals surface area contributed by atoms with Crippen molar-refractivity contribution in [2.24, 2.45) is 16.0 Å². The van der Waals surface area contributed by atoms with E-state index in [1.54, 1.807) is 24.4 Å². The first-order valence-electron chi connectivity index (χ1n) is 9.32. The van der Waals surface area contributed by atoms with Crippen LogP contribution in [0, 0.1) is 5.92 Å². The molecule has 146 valence electrons. The summed E-state index contributed by atoms with van der Waals surface area (Å²) < 4.78 is 40.4. The van der Waals surface area contributed by atoms with Crippen LogP contribution in [0.5, 0.6) is 0 Å². The molecule has 0 spiro atoms. The number of benzene rings is 2. The van der Waals surface area contributed by atoms with Gasteiger partial charge in [0.2, 0.25) is 0 Å². The quantitative estimate of drug-likeness (QED) is 0.809. The highest BCUT2D eigenvalue weighted by molar-refractivity contribution is 6.25. The Morgan fingerprint density at radius 1 is 1.10 bits per heavy atom. The lowest BCUT2D eigenvalue weighted by molar-refractivity contribution is -0.137. The third-order valence-electron chi connectivity index (χ3n) is 6.06. The molecule has 2 atom stereocenters. The van der Waals surface area contributed by atoms with Crippen molar-refractivity contribution in [3.05, 3.63) is 76.4 Å². The van der Waals surface area contributed by atoms with Crippen LogP contribution in [0.15, 0.2) is 64.2 Å². The van der Waals surface area contributed by atoms with Crippen LogP contribution in [0.25, 0.3) is 5.70 Å². The molecule has 0 amide bonds. The van der Waals surface area contributed by atoms with Crippen LogP contribution in [0.2, 0.25) is 0 Å². The molecule has 0 radical (unpaired) electrons. The maximum atomic E-state index is 13.5. The van der Waals surface area contributed by atoms with E-state index in [1.807, 2.05) is 19.1 Å². The van der Waals surface area contributed by atoms with Crippen molar-refractivity contribution in [2.75, 3.05) is 0 Å². The number of carbonyl (C=O) groups excluding carboxylic acids is 1. The Labute approximate surface area is 164 Å². The number of aliphatic imine (C=N–C) groups is 1. The Morgan fingerprint density at radius 2 is 1.86 bits per heavy atom. The first-order chi connectivity index (χ1) is 13.9. The minimum Gasteiger partial charge on any atom is -0.289 e. The fourth-order valence-electron chi connectivity index (χ4n) is 4.74. The Bertz CT molecular complexity index is 1150. The van der Waals surface area contributed by atoms with Gasteiger partial charge in [-0.1, -0.05) is 49.4 Å². The predicted octanol–water partition coefficient (Wildman–Crippen LogP) is 4.58. The lowest BCUT2D eigenvalue weighted by Crippen LogP contribution is -2.46. The molecule has 1 aliphatic carbocycles. The van der Waals surface area contributed by atoms with Gasteiger partial charge < -0.3 is 0 Å². The smallest absolute Gasteiger partial charge is 0.289 e. The number of ketones is 1. The number of carbonyl (C=O) groups is 1. The molecule has 0 aromatic heterocycles. The summed E-state index contributed by atoms with van der Waals surface area (Å²) in [5, 5.41) is 4.11. The highest BCUT2D eigenvalue weighted by atomic mass is 19.4. The summed E-state index contributed by atoms with van der Waals surface area (Å²) >= 11 is 0. The largest absolute Gasteiger partial charge is 0.416 e. The number of Topliss-reactive ketones (excluding diaryl/α,β-unsaturated/α-hetero) is 1. The topological polar surface area (TPSA) is 53.8 Å². The van der Waals surface area contributed by atoms with Crippen molar-refractivity contribution >= 4 is 23.5 Å². The number of fused-ring (bicyclic) bond motifs is 3. The van der Waals surface area contributed by atoms with Gasteiger partial charge in [-0.05, 0) is 18.1 Å². The highest BCUT2D eigenvalue weighted by Gasteiger charge is 2.54. The molecule has 0 saturated heterocycles. The lowest BCUT2D eigenvalue weighted by atomic mass is 9.61. The van der Waals surface area contributed by atoms with Gasteiger partial charge in [-0.15, -0.1) is 0 Å². The predicted molar refractivity (Wildman–Crippen MR) is 104 cm³/mol. The van der Waals surface area contributed by atoms with E-state index in [9.17, 15) is 18.0 Å². The number of alkyl halides is 3. The Kier molecular flexibility index (Phi) is 3.62. The Hall–Kier alpha value is -3.22. The number of amidine groups is 1. The SMILES string of the molecule is CC[C@]1(c2cccc(C(F)(F)F)c2)C2=C(N=C3NN=CC31)c1ccccc1C2=O. The molecule has 2 aliphatic heterocycles. The standard InChI is InChI=1S/C22H16F3N3O/c1-2-21(12-6-5-7-13(10-12)22(23,24)25)16-11-26-28-20(16)27-18-14-8-3-4-9-15(14)19(29)17(18)21/h3-11,16H,2H2,1H3,(H,27,28)/t16?,21-/m1/s1. The zero-order valence-electron chi connectivity index (χ0n) is 15.4. The molecule has 3 aliphatic rings. The average molecular weight is 395 g/mol. The number of allylic oxidation sites excluding steroid dienone is 1. The molecule has 29 heavy (non-hydrogen) atoms. The fourth-order valence-corrected chi connectivity index (χ4v) is 4.74. The first kappa shape index (κ1) is 17.8. The maximum absolute atomic E-state index is 13.5. The van der Waals surface area contributed by atoms with Crippen molar-refractivity contribution in [3.63, 3.8) is 0 Å². The molecule has 0 bridgehead atoms. The summed E-state index contributed by atoms with van der Waals surface area (Å²) in [6.45, 7) is 1.89. The third kappa shape index (κ3) is 2.30. The van der Waals surface area contributed by atoms with Crippen LogP contribution in [0.1, 0.15) is 40.4 Å². The maximum Gasteiger partial charge on any atom is 0.416 e. The molecule has 0 saturated carbocycles. The molecule has 2 aromatic carbocycles. The summed E-state index contributed by atoms with van der Waals surface area (Å²) in [4.78, 5) is 18.1. The van der Waals surface area contributed by atoms with Crippen LogP contribution in [-0.2, 0) is 11.6 Å². The third-order valence-corrected chi connectivity index (χ3v) is 6.06. The van der Waals surface area contributed by atoms with Gasteiger partial charge in [-0.25, -0.2) is 4.99 Å². The molecule has 5 rings (SSSR count). The van der Waals surface area contributed by atoms with E-state index in [2.05, 4.69) is 15.5 Å². The van der Waals surface area contributed by atoms with Crippen LogP contribution in [0.4, 0.5) is 13.2 Å². The van der Waals surface area contributed by atoms with Gasteiger partial charge >= 0.3 is 6.18 Å². The molecular weight excluding hydrogens is 379 g/mol. The highest BCUT2D eigenvalue weighted by Crippen LogP contribution is 2.53. The van der Waals surface area contributed by atoms with Gasteiger partial charge in [-0.2, -0.15) is 18.3 Å². The van der Waals surface area contributed by atoms with E-state index in [1.165, 1.54) is 6.07 Å². The van der Waals surface area contributed by atoms with Crippen molar-refractivity contribution < 1.29 is 18.0 Å². The first-order valence-corrected chi connectivity index (χ1v) is 9.32. The van der Waals surface area contributed by atoms with Crippen LogP contribution in [-0.4, -0.2) is 17.8 Å². The number of rotatable bonds is 2. The second-order valence-corrected chi connectivity index (χ2v) is 7.37. The molecule has 2 heterocycles. The summed E-state index contributed by atoms with van der Waals surface area (Å²) in [5.41, 5.74) is 3.79. The number of hydrogen-bond acceptors (Lipinski definition) is 4. The second-order valence-electron chi connectivity index (χ2n) is 7.37. The van der Waals surface area contributed by atoms with Crippen LogP contribution >= 0.6 is 0 Å². The monoisotopic (exact) mass is 395 g/mol. The minimum atomic E-state index is -4.47. The molecule has 7 heteroatoms. The van der Waals surface area contributed by atoms with E-state index in [0.717, 1.165) is 12.1 Å². The van der Waals surface area contributed by atoms with Gasteiger partial charge in [0.25, 0.3) is 0 Å². The molecular formula is C22H16F3N3O. The Morgan fingerprint density at radius 3 is 2.59 bits per heavy atom. The minimum absolute atomic E-state index is 0.182. The lowest BCUT2D eigenvalue weighted by Gasteiger charge is -2.41. The van der Waals surface area contributed by atoms with E-state index in [-0.39, 0.29) is 5.78 Å². The zero-order valence-corrected chi connectivity index (χ0v) is 15.4. The van der Waals surface area contributed by atoms with Crippen LogP contribution < -0.4 is 5.43 Å². The van der Waals surface area contributed by atoms with Gasteiger partial charge in [0, 0.05) is 28.3 Å². The van der Waals surface area contributed by atoms with E-state index < -0.39 is 23.1 Å². The summed E-state index contributed by atoms with van der Waals surface area (Å²) in [5.74, 6) is -0.0709. The molecule has 4 nitrogen and oxygen atoms in total. The number of hydrazone groups is 1. The number of hydrogen-bond donors (Lipinski definition) is 1. The van der Waals surface area contributed by atoms with Gasteiger partial charge in [-0.3, -0.25) is 10.2 Å². The summed E-state index contributed by atoms with van der Waals surface area (Å²) in [6.07, 6.45) is -2.41. The number of halogens is 3. The zero-order chi connectivity index (χ0) is 20.4. The van der Waals surface area contributed by atoms with Crippen molar-refractivity contribution in [1.29, 1.82) is 0 Å². The van der Waals surface area contributed by atoms with E-state index >= 15 is 0 Å². The van der Waals surface area contributed by atoms with Crippen LogP contribution in [0.3, 0.4) is 0 Å². The number of nitrogens with zero attached hydrogens (tertiary/aromatic N) is 2. The van der Waals surface area contributed by atoms with Crippen molar-refractivity contribution in [1.82, 2.24) is 5.43 Å². The fraction of sp³-hybridized carbons (Fsp3) is 0.227. The molecule has 1 unspecified atom stereocenters. The summed E-state index contributed by atoms with van der Waals surface area (Å²) in [6, 6.07) is 12.4. The molecule has 2 aromatic rings. The average Bonchev–Trinajstić information content (AvgIpc) is 3.30. The normalized spacial score (nSPS) is 24.8. The van der Waals surface area contributed by atoms with E-state index in [4.69, 9.17) is 0 Å². The second kappa shape index (κ2) is 5.89. The van der Waals surface area contributed by atoms with Gasteiger partial charge in [0.05, 0.1) is 17.2 Å². The molecule has 0 fully saturated rings. The Balaban J connectivity index is 1.81.